The van der Waals surface area contributed by atoms with Gasteiger partial charge in [-0.15, -0.1) is 0 Å². The van der Waals surface area contributed by atoms with Crippen LogP contribution in [0.15, 0.2) is 0 Å². The molecule has 0 aliphatic carbocycles. The lowest BCUT2D eigenvalue weighted by atomic mass is 10.4. The minimum absolute atomic E-state index is 0.201. The van der Waals surface area contributed by atoms with Crippen molar-refractivity contribution >= 4 is 10.0 Å². The SMILES string of the molecule is CCCN(CC)CCNS(=O)(=O)CCCNC(C)C. The number of nitrogens with zero attached hydrogens (tertiary/aromatic N) is 1. The average Bonchev–Trinajstić information content (AvgIpc) is 2.33. The molecule has 0 unspecified atom stereocenters. The van der Waals surface area contributed by atoms with E-state index in [1.54, 1.807) is 0 Å². The zero-order valence-corrected chi connectivity index (χ0v) is 13.7. The molecule has 0 fully saturated rings. The van der Waals surface area contributed by atoms with E-state index in [0.717, 1.165) is 32.6 Å². The number of likely N-dealkylation sites (N-methyl/N-ethyl adjacent to an activating group) is 1. The minimum Gasteiger partial charge on any atom is -0.314 e. The zero-order valence-electron chi connectivity index (χ0n) is 12.9. The third kappa shape index (κ3) is 11.4. The van der Waals surface area contributed by atoms with Gasteiger partial charge in [-0.25, -0.2) is 13.1 Å². The molecule has 0 saturated carbocycles. The smallest absolute Gasteiger partial charge is 0.211 e. The van der Waals surface area contributed by atoms with Crippen LogP contribution in [0.25, 0.3) is 0 Å². The Morgan fingerprint density at radius 2 is 1.79 bits per heavy atom. The number of hydrogen-bond donors (Lipinski definition) is 2. The highest BCUT2D eigenvalue weighted by atomic mass is 32.2. The van der Waals surface area contributed by atoms with Gasteiger partial charge in [-0.1, -0.05) is 27.7 Å². The van der Waals surface area contributed by atoms with Crippen LogP contribution in [0.3, 0.4) is 0 Å². The van der Waals surface area contributed by atoms with Crippen LogP contribution >= 0.6 is 0 Å². The van der Waals surface area contributed by atoms with Gasteiger partial charge in [0.25, 0.3) is 0 Å². The second-order valence-electron chi connectivity index (χ2n) is 5.11. The highest BCUT2D eigenvalue weighted by molar-refractivity contribution is 7.89. The minimum atomic E-state index is -3.12. The monoisotopic (exact) mass is 293 g/mol. The van der Waals surface area contributed by atoms with Crippen molar-refractivity contribution in [3.63, 3.8) is 0 Å². The fourth-order valence-corrected chi connectivity index (χ4v) is 2.90. The summed E-state index contributed by atoms with van der Waals surface area (Å²) in [6.45, 7) is 12.4. The molecule has 2 N–H and O–H groups in total. The first-order valence-corrected chi connectivity index (χ1v) is 8.99. The van der Waals surface area contributed by atoms with E-state index in [1.165, 1.54) is 0 Å². The summed E-state index contributed by atoms with van der Waals surface area (Å²) in [4.78, 5) is 2.25. The molecule has 0 aliphatic rings. The Labute approximate surface area is 119 Å². The van der Waals surface area contributed by atoms with Crippen molar-refractivity contribution < 1.29 is 8.42 Å². The van der Waals surface area contributed by atoms with Gasteiger partial charge in [-0.05, 0) is 32.5 Å². The van der Waals surface area contributed by atoms with E-state index >= 15 is 0 Å². The van der Waals surface area contributed by atoms with Crippen LogP contribution in [0.1, 0.15) is 40.5 Å². The van der Waals surface area contributed by atoms with Gasteiger partial charge in [0.05, 0.1) is 5.75 Å². The molecule has 116 valence electrons. The molecular weight excluding hydrogens is 262 g/mol. The summed E-state index contributed by atoms with van der Waals surface area (Å²) in [5.41, 5.74) is 0. The Balaban J connectivity index is 3.78. The fraction of sp³-hybridized carbons (Fsp3) is 1.00. The summed E-state index contributed by atoms with van der Waals surface area (Å²) >= 11 is 0. The summed E-state index contributed by atoms with van der Waals surface area (Å²) in [5, 5.41) is 3.22. The van der Waals surface area contributed by atoms with Crippen LogP contribution < -0.4 is 10.0 Å². The molecule has 0 rings (SSSR count). The first-order chi connectivity index (χ1) is 8.91. The summed E-state index contributed by atoms with van der Waals surface area (Å²) in [6.07, 6.45) is 1.75. The number of hydrogen-bond acceptors (Lipinski definition) is 4. The van der Waals surface area contributed by atoms with Gasteiger partial charge in [0.2, 0.25) is 10.0 Å². The molecule has 19 heavy (non-hydrogen) atoms. The average molecular weight is 293 g/mol. The van der Waals surface area contributed by atoms with Gasteiger partial charge in [0.15, 0.2) is 0 Å². The molecule has 0 aliphatic heterocycles. The van der Waals surface area contributed by atoms with E-state index in [0.29, 0.717) is 19.0 Å². The van der Waals surface area contributed by atoms with Crippen molar-refractivity contribution in [2.45, 2.75) is 46.6 Å². The van der Waals surface area contributed by atoms with E-state index in [2.05, 4.69) is 42.6 Å². The van der Waals surface area contributed by atoms with E-state index < -0.39 is 10.0 Å². The van der Waals surface area contributed by atoms with Crippen molar-refractivity contribution in [2.24, 2.45) is 0 Å². The highest BCUT2D eigenvalue weighted by Crippen LogP contribution is 1.92. The van der Waals surface area contributed by atoms with Crippen LogP contribution in [0.5, 0.6) is 0 Å². The molecule has 0 aromatic heterocycles. The first-order valence-electron chi connectivity index (χ1n) is 7.34. The highest BCUT2D eigenvalue weighted by Gasteiger charge is 2.10. The summed E-state index contributed by atoms with van der Waals surface area (Å²) < 4.78 is 26.2. The van der Waals surface area contributed by atoms with E-state index in [4.69, 9.17) is 0 Å². The van der Waals surface area contributed by atoms with Gasteiger partial charge in [-0.3, -0.25) is 0 Å². The number of sulfonamides is 1. The predicted octanol–water partition coefficient (Wildman–Crippen LogP) is 1.03. The van der Waals surface area contributed by atoms with Crippen LogP contribution in [0.4, 0.5) is 0 Å². The molecule has 0 amide bonds. The molecular formula is C13H31N3O2S. The maximum Gasteiger partial charge on any atom is 0.211 e. The van der Waals surface area contributed by atoms with E-state index in [9.17, 15) is 8.42 Å². The Morgan fingerprint density at radius 3 is 2.32 bits per heavy atom. The molecule has 0 aromatic rings. The lowest BCUT2D eigenvalue weighted by Crippen LogP contribution is -2.36. The molecule has 0 saturated heterocycles. The maximum atomic E-state index is 11.7. The van der Waals surface area contributed by atoms with Crippen LogP contribution in [0, 0.1) is 0 Å². The Bertz CT molecular complexity index is 305. The zero-order chi connectivity index (χ0) is 14.7. The van der Waals surface area contributed by atoms with Crippen molar-refractivity contribution in [2.75, 3.05) is 38.5 Å². The van der Waals surface area contributed by atoms with Gasteiger partial charge >= 0.3 is 0 Å². The Kier molecular flexibility index (Phi) is 10.5. The number of rotatable bonds is 12. The normalized spacial score (nSPS) is 12.5. The topological polar surface area (TPSA) is 61.4 Å². The maximum absolute atomic E-state index is 11.7. The second-order valence-corrected chi connectivity index (χ2v) is 7.04. The van der Waals surface area contributed by atoms with E-state index in [1.807, 2.05) is 0 Å². The molecule has 0 bridgehead atoms. The van der Waals surface area contributed by atoms with Crippen LogP contribution in [-0.4, -0.2) is 57.8 Å². The van der Waals surface area contributed by atoms with E-state index in [-0.39, 0.29) is 5.75 Å². The predicted molar refractivity (Wildman–Crippen MR) is 82.0 cm³/mol. The lowest BCUT2D eigenvalue weighted by Gasteiger charge is -2.19. The van der Waals surface area contributed by atoms with Crippen molar-refractivity contribution in [1.82, 2.24) is 14.9 Å². The van der Waals surface area contributed by atoms with Crippen LogP contribution in [0.2, 0.25) is 0 Å². The molecule has 0 spiro atoms. The summed E-state index contributed by atoms with van der Waals surface area (Å²) in [6, 6.07) is 0.405. The quantitative estimate of drug-likeness (QED) is 0.528. The van der Waals surface area contributed by atoms with Gasteiger partial charge in [-0.2, -0.15) is 0 Å². The molecule has 0 atom stereocenters. The van der Waals surface area contributed by atoms with Gasteiger partial charge in [0.1, 0.15) is 0 Å². The van der Waals surface area contributed by atoms with Crippen molar-refractivity contribution in [1.29, 1.82) is 0 Å². The molecule has 0 aromatic carbocycles. The summed E-state index contributed by atoms with van der Waals surface area (Å²) in [5.74, 6) is 0.201. The fourth-order valence-electron chi connectivity index (χ4n) is 1.83. The third-order valence-corrected chi connectivity index (χ3v) is 4.35. The molecule has 0 radical (unpaired) electrons. The van der Waals surface area contributed by atoms with Crippen LogP contribution in [-0.2, 0) is 10.0 Å². The van der Waals surface area contributed by atoms with Gasteiger partial charge < -0.3 is 10.2 Å². The van der Waals surface area contributed by atoms with Crippen molar-refractivity contribution in [3.8, 4) is 0 Å². The lowest BCUT2D eigenvalue weighted by molar-refractivity contribution is 0.293. The van der Waals surface area contributed by atoms with Gasteiger partial charge in [0, 0.05) is 19.1 Å². The first kappa shape index (κ1) is 18.8. The molecule has 5 nitrogen and oxygen atoms in total. The Morgan fingerprint density at radius 1 is 1.11 bits per heavy atom. The molecule has 0 heterocycles. The molecule has 6 heteroatoms. The summed E-state index contributed by atoms with van der Waals surface area (Å²) in [7, 11) is -3.12. The largest absolute Gasteiger partial charge is 0.314 e. The Hall–Kier alpha value is -0.170. The second kappa shape index (κ2) is 10.6. The number of nitrogens with one attached hydrogen (secondary N) is 2. The van der Waals surface area contributed by atoms with Crippen molar-refractivity contribution in [3.05, 3.63) is 0 Å². The standard InChI is InChI=1S/C13H31N3O2S/c1-5-10-16(6-2)11-9-15-19(17,18)12-7-8-14-13(3)4/h13-15H,5-12H2,1-4H3. The third-order valence-electron chi connectivity index (χ3n) is 2.88.